The van der Waals surface area contributed by atoms with Crippen LogP contribution >= 0.6 is 0 Å². The van der Waals surface area contributed by atoms with Crippen molar-refractivity contribution >= 4 is 6.29 Å². The molecule has 0 radical (unpaired) electrons. The molecule has 4 heteroatoms. The molecule has 0 amide bonds. The lowest BCUT2D eigenvalue weighted by atomic mass is 10.2. The van der Waals surface area contributed by atoms with Gasteiger partial charge in [0.15, 0.2) is 17.9 Å². The molecular weight excluding hydrogens is 226 g/mol. The molecule has 2 rings (SSSR count). The van der Waals surface area contributed by atoms with Crippen molar-refractivity contribution in [3.05, 3.63) is 59.7 Å². The van der Waals surface area contributed by atoms with Crippen molar-refractivity contribution in [2.45, 2.75) is 0 Å². The lowest BCUT2D eigenvalue weighted by molar-refractivity contribution is 0.112. The van der Waals surface area contributed by atoms with Gasteiger partial charge in [0.2, 0.25) is 0 Å². The van der Waals surface area contributed by atoms with Gasteiger partial charge >= 0.3 is 0 Å². The van der Waals surface area contributed by atoms with Crippen LogP contribution in [0.4, 0.5) is 8.78 Å². The molecule has 0 bridgehead atoms. The summed E-state index contributed by atoms with van der Waals surface area (Å²) in [7, 11) is 0. The average Bonchev–Trinajstić information content (AvgIpc) is 2.34. The molecule has 0 aromatic heterocycles. The number of benzene rings is 2. The maximum Gasteiger partial charge on any atom is 0.165 e. The zero-order valence-corrected chi connectivity index (χ0v) is 8.69. The molecule has 0 N–H and O–H groups in total. The van der Waals surface area contributed by atoms with Crippen LogP contribution in [0.15, 0.2) is 42.5 Å². The number of halogens is 2. The smallest absolute Gasteiger partial charge is 0.165 e. The lowest BCUT2D eigenvalue weighted by Gasteiger charge is -2.08. The van der Waals surface area contributed by atoms with Crippen molar-refractivity contribution in [2.24, 2.45) is 0 Å². The van der Waals surface area contributed by atoms with Crippen molar-refractivity contribution in [2.75, 3.05) is 0 Å². The van der Waals surface area contributed by atoms with E-state index in [1.54, 1.807) is 6.07 Å². The Morgan fingerprint density at radius 3 is 2.47 bits per heavy atom. The van der Waals surface area contributed by atoms with Gasteiger partial charge in [-0.1, -0.05) is 12.1 Å². The number of para-hydroxylation sites is 1. The highest BCUT2D eigenvalue weighted by Crippen LogP contribution is 2.26. The van der Waals surface area contributed by atoms with E-state index in [1.165, 1.54) is 24.3 Å². The highest BCUT2D eigenvalue weighted by atomic mass is 19.1. The predicted molar refractivity (Wildman–Crippen MR) is 58.3 cm³/mol. The third-order valence-corrected chi connectivity index (χ3v) is 2.16. The van der Waals surface area contributed by atoms with Crippen LogP contribution in [-0.4, -0.2) is 6.29 Å². The number of hydrogen-bond acceptors (Lipinski definition) is 2. The normalized spacial score (nSPS) is 10.0. The molecule has 0 atom stereocenters. The first-order valence-electron chi connectivity index (χ1n) is 4.88. The van der Waals surface area contributed by atoms with Gasteiger partial charge in [-0.2, -0.15) is 0 Å². The first kappa shape index (κ1) is 11.3. The Kier molecular flexibility index (Phi) is 3.14. The van der Waals surface area contributed by atoms with Crippen LogP contribution in [0.2, 0.25) is 0 Å². The third kappa shape index (κ3) is 2.47. The van der Waals surface area contributed by atoms with Gasteiger partial charge in [-0.15, -0.1) is 0 Å². The molecule has 2 aromatic carbocycles. The Labute approximate surface area is 96.5 Å². The quantitative estimate of drug-likeness (QED) is 0.759. The fraction of sp³-hybridized carbons (Fsp3) is 0. The first-order valence-corrected chi connectivity index (χ1v) is 4.88. The van der Waals surface area contributed by atoms with E-state index in [0.29, 0.717) is 6.29 Å². The molecule has 0 saturated heterocycles. The van der Waals surface area contributed by atoms with Gasteiger partial charge in [-0.3, -0.25) is 4.79 Å². The van der Waals surface area contributed by atoms with Gasteiger partial charge in [0, 0.05) is 0 Å². The Bertz CT molecular complexity index is 553. The first-order chi connectivity index (χ1) is 8.20. The summed E-state index contributed by atoms with van der Waals surface area (Å²) in [5, 5.41) is 0. The SMILES string of the molecule is O=Cc1cc(F)ccc1Oc1ccccc1F. The third-order valence-electron chi connectivity index (χ3n) is 2.16. The molecule has 0 aliphatic rings. The zero-order chi connectivity index (χ0) is 12.3. The van der Waals surface area contributed by atoms with Gasteiger partial charge in [0.1, 0.15) is 11.6 Å². The minimum absolute atomic E-state index is 0.0118. The van der Waals surface area contributed by atoms with Gasteiger partial charge in [0.25, 0.3) is 0 Å². The Balaban J connectivity index is 2.36. The molecule has 0 saturated carbocycles. The standard InChI is InChI=1S/C13H8F2O2/c14-10-5-6-12(9(7-10)8-16)17-13-4-2-1-3-11(13)15/h1-8H. The predicted octanol–water partition coefficient (Wildman–Crippen LogP) is 3.57. The molecule has 86 valence electrons. The van der Waals surface area contributed by atoms with Crippen LogP contribution in [-0.2, 0) is 0 Å². The van der Waals surface area contributed by atoms with Crippen LogP contribution < -0.4 is 4.74 Å². The summed E-state index contributed by atoms with van der Waals surface area (Å²) >= 11 is 0. The molecule has 0 aliphatic heterocycles. The maximum atomic E-state index is 13.3. The lowest BCUT2D eigenvalue weighted by Crippen LogP contribution is -1.93. The van der Waals surface area contributed by atoms with Gasteiger partial charge < -0.3 is 4.74 Å². The molecule has 0 spiro atoms. The van der Waals surface area contributed by atoms with Crippen LogP contribution in [0, 0.1) is 11.6 Å². The highest BCUT2D eigenvalue weighted by molar-refractivity contribution is 5.79. The Hall–Kier alpha value is -2.23. The second-order valence-electron chi connectivity index (χ2n) is 3.33. The molecule has 0 unspecified atom stereocenters. The minimum Gasteiger partial charge on any atom is -0.454 e. The van der Waals surface area contributed by atoms with Crippen LogP contribution in [0.5, 0.6) is 11.5 Å². The number of carbonyl (C=O) groups is 1. The molecule has 0 heterocycles. The van der Waals surface area contributed by atoms with Crippen LogP contribution in [0.1, 0.15) is 10.4 Å². The van der Waals surface area contributed by atoms with Crippen molar-refractivity contribution in [1.82, 2.24) is 0 Å². The van der Waals surface area contributed by atoms with Crippen molar-refractivity contribution in [3.63, 3.8) is 0 Å². The highest BCUT2D eigenvalue weighted by Gasteiger charge is 2.08. The zero-order valence-electron chi connectivity index (χ0n) is 8.69. The molecule has 2 aromatic rings. The Morgan fingerprint density at radius 1 is 1.00 bits per heavy atom. The van der Waals surface area contributed by atoms with Crippen LogP contribution in [0.3, 0.4) is 0 Å². The number of carbonyl (C=O) groups excluding carboxylic acids is 1. The number of rotatable bonds is 3. The number of hydrogen-bond donors (Lipinski definition) is 0. The maximum absolute atomic E-state index is 13.3. The second kappa shape index (κ2) is 4.74. The fourth-order valence-electron chi connectivity index (χ4n) is 1.35. The largest absolute Gasteiger partial charge is 0.454 e. The molecular formula is C13H8F2O2. The van der Waals surface area contributed by atoms with Gasteiger partial charge in [0.05, 0.1) is 5.56 Å². The van der Waals surface area contributed by atoms with Crippen molar-refractivity contribution in [1.29, 1.82) is 0 Å². The summed E-state index contributed by atoms with van der Waals surface area (Å²) in [5.41, 5.74) is 0.0354. The van der Waals surface area contributed by atoms with Crippen molar-refractivity contribution < 1.29 is 18.3 Å². The van der Waals surface area contributed by atoms with Crippen LogP contribution in [0.25, 0.3) is 0 Å². The van der Waals surface area contributed by atoms with E-state index in [9.17, 15) is 13.6 Å². The van der Waals surface area contributed by atoms with E-state index in [0.717, 1.165) is 12.1 Å². The van der Waals surface area contributed by atoms with Gasteiger partial charge in [-0.05, 0) is 30.3 Å². The summed E-state index contributed by atoms with van der Waals surface area (Å²) in [4.78, 5) is 10.7. The Morgan fingerprint density at radius 2 is 1.76 bits per heavy atom. The molecule has 2 nitrogen and oxygen atoms in total. The van der Waals surface area contributed by atoms with E-state index in [1.807, 2.05) is 0 Å². The topological polar surface area (TPSA) is 26.3 Å². The van der Waals surface area contributed by atoms with Crippen molar-refractivity contribution in [3.8, 4) is 11.5 Å². The summed E-state index contributed by atoms with van der Waals surface area (Å²) in [6.45, 7) is 0. The molecule has 0 fully saturated rings. The number of aldehydes is 1. The summed E-state index contributed by atoms with van der Waals surface area (Å²) < 4.78 is 31.4. The second-order valence-corrected chi connectivity index (χ2v) is 3.33. The van der Waals surface area contributed by atoms with Gasteiger partial charge in [-0.25, -0.2) is 8.78 Å². The average molecular weight is 234 g/mol. The summed E-state index contributed by atoms with van der Waals surface area (Å²) in [5.74, 6) is -0.990. The van der Waals surface area contributed by atoms with E-state index < -0.39 is 11.6 Å². The summed E-state index contributed by atoms with van der Waals surface area (Å²) in [6, 6.07) is 9.24. The number of ether oxygens (including phenoxy) is 1. The van der Waals surface area contributed by atoms with E-state index in [-0.39, 0.29) is 17.1 Å². The summed E-state index contributed by atoms with van der Waals surface area (Å²) in [6.07, 6.45) is 0.458. The molecule has 0 aliphatic carbocycles. The van der Waals surface area contributed by atoms with E-state index in [2.05, 4.69) is 0 Å². The van der Waals surface area contributed by atoms with E-state index >= 15 is 0 Å². The minimum atomic E-state index is -0.548. The fourth-order valence-corrected chi connectivity index (χ4v) is 1.35. The van der Waals surface area contributed by atoms with E-state index in [4.69, 9.17) is 4.74 Å². The molecule has 17 heavy (non-hydrogen) atoms. The monoisotopic (exact) mass is 234 g/mol.